The van der Waals surface area contributed by atoms with Gasteiger partial charge in [-0.1, -0.05) is 0 Å². The van der Waals surface area contributed by atoms with Crippen molar-refractivity contribution in [3.63, 3.8) is 0 Å². The summed E-state index contributed by atoms with van der Waals surface area (Å²) in [6.45, 7) is 1.42. The Morgan fingerprint density at radius 2 is 1.94 bits per heavy atom. The molecule has 0 bridgehead atoms. The molecule has 1 atom stereocenters. The molecule has 0 aliphatic carbocycles. The molecule has 0 saturated heterocycles. The summed E-state index contributed by atoms with van der Waals surface area (Å²) in [6, 6.07) is 2.45. The van der Waals surface area contributed by atoms with E-state index in [1.807, 2.05) is 6.92 Å². The molecule has 0 fully saturated rings. The van der Waals surface area contributed by atoms with E-state index in [1.165, 1.54) is 14.2 Å². The van der Waals surface area contributed by atoms with Gasteiger partial charge < -0.3 is 25.6 Å². The Hall–Kier alpha value is -1.79. The van der Waals surface area contributed by atoms with E-state index in [0.29, 0.717) is 17.2 Å². The van der Waals surface area contributed by atoms with Gasteiger partial charge in [-0.15, -0.1) is 0 Å². The van der Waals surface area contributed by atoms with Crippen LogP contribution in [0.2, 0.25) is 0 Å². The number of benzene rings is 1. The highest BCUT2D eigenvalue weighted by Gasteiger charge is 2.15. The number of rotatable bonds is 5. The molecule has 100 valence electrons. The van der Waals surface area contributed by atoms with Gasteiger partial charge in [-0.2, -0.15) is 0 Å². The summed E-state index contributed by atoms with van der Waals surface area (Å²) in [6.07, 6.45) is 0. The summed E-state index contributed by atoms with van der Waals surface area (Å²) in [5.41, 5.74) is 6.81. The molecule has 6 nitrogen and oxygen atoms in total. The molecule has 0 aliphatic heterocycles. The van der Waals surface area contributed by atoms with Crippen molar-refractivity contribution in [2.45, 2.75) is 13.0 Å². The van der Waals surface area contributed by atoms with E-state index in [9.17, 15) is 4.79 Å². The maximum Gasteiger partial charge on any atom is 0.243 e. The number of hydrogen-bond acceptors (Lipinski definition) is 5. The number of methoxy groups -OCH3 is 2. The van der Waals surface area contributed by atoms with Gasteiger partial charge in [0.15, 0.2) is 11.5 Å². The maximum atomic E-state index is 11.6. The second-order valence-corrected chi connectivity index (χ2v) is 3.80. The van der Waals surface area contributed by atoms with Crippen molar-refractivity contribution >= 4 is 11.6 Å². The molecule has 4 N–H and O–H groups in total. The number of aliphatic hydroxyl groups excluding tert-OH is 1. The molecule has 1 unspecified atom stereocenters. The number of aliphatic hydroxyl groups is 1. The molecule has 0 heterocycles. The number of anilines is 1. The molecular formula is C12H18N2O4. The third-order valence-corrected chi connectivity index (χ3v) is 2.52. The van der Waals surface area contributed by atoms with E-state index in [2.05, 4.69) is 5.32 Å². The first-order chi connectivity index (χ1) is 8.53. The van der Waals surface area contributed by atoms with Crippen molar-refractivity contribution in [3.8, 4) is 11.5 Å². The van der Waals surface area contributed by atoms with Crippen molar-refractivity contribution in [3.05, 3.63) is 17.7 Å². The van der Waals surface area contributed by atoms with Crippen LogP contribution in [0.1, 0.15) is 5.56 Å². The van der Waals surface area contributed by atoms with Crippen LogP contribution >= 0.6 is 0 Å². The first kappa shape index (κ1) is 14.3. The summed E-state index contributed by atoms with van der Waals surface area (Å²) in [4.78, 5) is 11.6. The molecule has 1 rings (SSSR count). The largest absolute Gasteiger partial charge is 0.493 e. The van der Waals surface area contributed by atoms with Crippen LogP contribution in [0.4, 0.5) is 5.69 Å². The van der Waals surface area contributed by atoms with Crippen LogP contribution in [0.15, 0.2) is 12.1 Å². The Kier molecular flexibility index (Phi) is 4.94. The molecule has 0 aliphatic rings. The lowest BCUT2D eigenvalue weighted by Crippen LogP contribution is -2.38. The van der Waals surface area contributed by atoms with Crippen LogP contribution in [-0.4, -0.2) is 37.9 Å². The Balaban J connectivity index is 2.99. The lowest BCUT2D eigenvalue weighted by atomic mass is 10.1. The number of amides is 1. The van der Waals surface area contributed by atoms with Gasteiger partial charge in [0.1, 0.15) is 6.04 Å². The summed E-state index contributed by atoms with van der Waals surface area (Å²) in [7, 11) is 3.05. The highest BCUT2D eigenvalue weighted by atomic mass is 16.5. The van der Waals surface area contributed by atoms with Crippen molar-refractivity contribution < 1.29 is 19.4 Å². The smallest absolute Gasteiger partial charge is 0.243 e. The summed E-state index contributed by atoms with van der Waals surface area (Å²) in [5, 5.41) is 11.4. The predicted octanol–water partition coefficient (Wildman–Crippen LogP) is 0.270. The van der Waals surface area contributed by atoms with Gasteiger partial charge in [-0.3, -0.25) is 4.79 Å². The third kappa shape index (κ3) is 3.12. The van der Waals surface area contributed by atoms with Crippen LogP contribution in [0, 0.1) is 6.92 Å². The first-order valence-corrected chi connectivity index (χ1v) is 5.43. The fraction of sp³-hybridized carbons (Fsp3) is 0.417. The number of hydrogen-bond donors (Lipinski definition) is 3. The van der Waals surface area contributed by atoms with Crippen molar-refractivity contribution in [1.82, 2.24) is 0 Å². The van der Waals surface area contributed by atoms with Crippen LogP contribution in [0.3, 0.4) is 0 Å². The van der Waals surface area contributed by atoms with E-state index >= 15 is 0 Å². The highest BCUT2D eigenvalue weighted by molar-refractivity contribution is 5.95. The van der Waals surface area contributed by atoms with Crippen LogP contribution < -0.4 is 20.5 Å². The lowest BCUT2D eigenvalue weighted by molar-refractivity contribution is -0.118. The second kappa shape index (κ2) is 6.23. The molecule has 1 aromatic carbocycles. The lowest BCUT2D eigenvalue weighted by Gasteiger charge is -2.15. The van der Waals surface area contributed by atoms with Crippen molar-refractivity contribution in [2.75, 3.05) is 26.1 Å². The zero-order chi connectivity index (χ0) is 13.7. The number of nitrogens with two attached hydrogens (primary N) is 1. The predicted molar refractivity (Wildman–Crippen MR) is 68.0 cm³/mol. The van der Waals surface area contributed by atoms with Gasteiger partial charge >= 0.3 is 0 Å². The number of carbonyl (C=O) groups excluding carboxylic acids is 1. The van der Waals surface area contributed by atoms with Crippen molar-refractivity contribution in [2.24, 2.45) is 5.73 Å². The van der Waals surface area contributed by atoms with Crippen molar-refractivity contribution in [1.29, 1.82) is 0 Å². The van der Waals surface area contributed by atoms with Crippen LogP contribution in [0.25, 0.3) is 0 Å². The quantitative estimate of drug-likeness (QED) is 0.701. The average Bonchev–Trinajstić information content (AvgIpc) is 2.39. The topological polar surface area (TPSA) is 93.8 Å². The molecule has 6 heteroatoms. The van der Waals surface area contributed by atoms with Gasteiger partial charge in [0.05, 0.1) is 20.8 Å². The normalized spacial score (nSPS) is 11.8. The average molecular weight is 254 g/mol. The zero-order valence-electron chi connectivity index (χ0n) is 10.7. The molecule has 0 spiro atoms. The Morgan fingerprint density at radius 1 is 1.39 bits per heavy atom. The van der Waals surface area contributed by atoms with E-state index < -0.39 is 18.6 Å². The Morgan fingerprint density at radius 3 is 2.44 bits per heavy atom. The third-order valence-electron chi connectivity index (χ3n) is 2.52. The minimum absolute atomic E-state index is 0.405. The summed E-state index contributed by atoms with van der Waals surface area (Å²) in [5.74, 6) is 0.642. The maximum absolute atomic E-state index is 11.6. The molecule has 18 heavy (non-hydrogen) atoms. The number of carbonyl (C=O) groups is 1. The number of nitrogens with one attached hydrogen (secondary N) is 1. The fourth-order valence-corrected chi connectivity index (χ4v) is 1.42. The van der Waals surface area contributed by atoms with E-state index in [0.717, 1.165) is 5.56 Å². The van der Waals surface area contributed by atoms with Crippen LogP contribution in [-0.2, 0) is 4.79 Å². The first-order valence-electron chi connectivity index (χ1n) is 5.43. The summed E-state index contributed by atoms with van der Waals surface area (Å²) >= 11 is 0. The second-order valence-electron chi connectivity index (χ2n) is 3.80. The number of ether oxygens (including phenoxy) is 2. The van der Waals surface area contributed by atoms with Gasteiger partial charge in [0, 0.05) is 11.8 Å². The van der Waals surface area contributed by atoms with Gasteiger partial charge in [0.25, 0.3) is 0 Å². The van der Waals surface area contributed by atoms with E-state index in [4.69, 9.17) is 20.3 Å². The molecule has 1 aromatic rings. The number of aryl methyl sites for hydroxylation is 1. The Labute approximate surface area is 106 Å². The molecule has 1 amide bonds. The molecular weight excluding hydrogens is 236 g/mol. The zero-order valence-corrected chi connectivity index (χ0v) is 10.7. The molecule has 0 radical (unpaired) electrons. The monoisotopic (exact) mass is 254 g/mol. The standard InChI is InChI=1S/C12H18N2O4/c1-7-4-10(17-2)11(18-3)5-9(7)14-12(16)8(13)6-15/h4-5,8,15H,6,13H2,1-3H3,(H,14,16). The minimum Gasteiger partial charge on any atom is -0.493 e. The SMILES string of the molecule is COc1cc(C)c(NC(=O)C(N)CO)cc1OC. The van der Waals surface area contributed by atoms with Gasteiger partial charge in [-0.25, -0.2) is 0 Å². The minimum atomic E-state index is -0.947. The van der Waals surface area contributed by atoms with Gasteiger partial charge in [-0.05, 0) is 18.6 Å². The summed E-state index contributed by atoms with van der Waals surface area (Å²) < 4.78 is 10.3. The van der Waals surface area contributed by atoms with Crippen LogP contribution in [0.5, 0.6) is 11.5 Å². The van der Waals surface area contributed by atoms with E-state index in [1.54, 1.807) is 12.1 Å². The fourth-order valence-electron chi connectivity index (χ4n) is 1.42. The van der Waals surface area contributed by atoms with Gasteiger partial charge in [0.2, 0.25) is 5.91 Å². The highest BCUT2D eigenvalue weighted by Crippen LogP contribution is 2.32. The van der Waals surface area contributed by atoms with E-state index in [-0.39, 0.29) is 0 Å². The Bertz CT molecular complexity index is 434. The molecule has 0 aromatic heterocycles. The molecule has 0 saturated carbocycles.